The van der Waals surface area contributed by atoms with E-state index in [-0.39, 0.29) is 29.7 Å². The molecule has 2 N–H and O–H groups in total. The number of ether oxygens (including phenoxy) is 2. The molecule has 182 valence electrons. The number of rotatable bonds is 7. The van der Waals surface area contributed by atoms with E-state index in [0.29, 0.717) is 30.9 Å². The Labute approximate surface area is 199 Å². The van der Waals surface area contributed by atoms with Crippen molar-refractivity contribution in [2.45, 2.75) is 0 Å². The second kappa shape index (κ2) is 9.72. The van der Waals surface area contributed by atoms with Gasteiger partial charge in [-0.25, -0.2) is 9.37 Å². The van der Waals surface area contributed by atoms with Crippen LogP contribution < -0.4 is 10.5 Å². The Kier molecular flexibility index (Phi) is 6.33. The Hall–Kier alpha value is -3.97. The zero-order valence-electron chi connectivity index (χ0n) is 18.9. The van der Waals surface area contributed by atoms with E-state index >= 15 is 4.39 Å². The Balaban J connectivity index is 1.40. The molecule has 4 heterocycles. The first-order valence-electron chi connectivity index (χ1n) is 11.0. The van der Waals surface area contributed by atoms with Gasteiger partial charge in [-0.05, 0) is 28.6 Å². The Bertz CT molecular complexity index is 1330. The second-order valence-corrected chi connectivity index (χ2v) is 7.99. The molecule has 1 aliphatic heterocycles. The molecule has 35 heavy (non-hydrogen) atoms. The van der Waals surface area contributed by atoms with Gasteiger partial charge in [-0.2, -0.15) is 14.2 Å². The van der Waals surface area contributed by atoms with E-state index in [1.54, 1.807) is 30.2 Å². The number of morpholine rings is 1. The minimum atomic E-state index is -1.14. The SMILES string of the molecule is Cn1cc(-c2cnc(N)c(-c3nnnn3-c3ccc(OCCN4CCOCC4)c(F)c3F)c2)cn1. The molecule has 3 aromatic heterocycles. The Morgan fingerprint density at radius 1 is 1.11 bits per heavy atom. The molecule has 5 rings (SSSR count). The molecule has 11 nitrogen and oxygen atoms in total. The molecular weight excluding hydrogens is 460 g/mol. The van der Waals surface area contributed by atoms with Gasteiger partial charge in [0.05, 0.1) is 25.0 Å². The lowest BCUT2D eigenvalue weighted by Gasteiger charge is -2.26. The third kappa shape index (κ3) is 4.68. The third-order valence-electron chi connectivity index (χ3n) is 5.69. The molecule has 13 heteroatoms. The number of hydrogen-bond acceptors (Lipinski definition) is 9. The zero-order valence-corrected chi connectivity index (χ0v) is 18.9. The molecular formula is C22H23F2N9O2. The molecule has 0 bridgehead atoms. The molecule has 0 spiro atoms. The van der Waals surface area contributed by atoms with Gasteiger partial charge in [-0.15, -0.1) is 5.10 Å². The number of nitrogens with zero attached hydrogens (tertiary/aromatic N) is 8. The van der Waals surface area contributed by atoms with E-state index in [2.05, 4.69) is 30.5 Å². The molecule has 0 amide bonds. The number of nitrogens with two attached hydrogens (primary N) is 1. The van der Waals surface area contributed by atoms with Gasteiger partial charge in [0.1, 0.15) is 18.1 Å². The summed E-state index contributed by atoms with van der Waals surface area (Å²) in [6.45, 7) is 3.66. The van der Waals surface area contributed by atoms with Gasteiger partial charge in [0.15, 0.2) is 17.4 Å². The maximum atomic E-state index is 15.1. The summed E-state index contributed by atoms with van der Waals surface area (Å²) in [6.07, 6.45) is 5.08. The largest absolute Gasteiger partial charge is 0.489 e. The summed E-state index contributed by atoms with van der Waals surface area (Å²) in [6, 6.07) is 4.43. The zero-order chi connectivity index (χ0) is 24.4. The van der Waals surface area contributed by atoms with Crippen LogP contribution >= 0.6 is 0 Å². The van der Waals surface area contributed by atoms with Gasteiger partial charge in [0.25, 0.3) is 0 Å². The number of pyridine rings is 1. The van der Waals surface area contributed by atoms with Crippen molar-refractivity contribution in [2.24, 2.45) is 7.05 Å². The molecule has 1 saturated heterocycles. The van der Waals surface area contributed by atoms with Crippen molar-refractivity contribution in [3.63, 3.8) is 0 Å². The van der Waals surface area contributed by atoms with Gasteiger partial charge in [-0.3, -0.25) is 9.58 Å². The van der Waals surface area contributed by atoms with Crippen LogP contribution in [0.25, 0.3) is 28.2 Å². The second-order valence-electron chi connectivity index (χ2n) is 7.99. The standard InChI is InChI=1S/C22H23F2N9O2/c1-31-13-15(12-27-31)14-10-16(21(25)26-11-14)22-28-29-30-33(22)17-2-3-18(20(24)19(17)23)35-9-6-32-4-7-34-8-5-32/h2-3,10-13H,4-9H2,1H3,(H2,25,26). The molecule has 0 aliphatic carbocycles. The molecule has 1 aromatic carbocycles. The fraction of sp³-hybridized carbons (Fsp3) is 0.318. The molecule has 0 atom stereocenters. The van der Waals surface area contributed by atoms with Crippen molar-refractivity contribution in [1.29, 1.82) is 0 Å². The first kappa shape index (κ1) is 22.8. The summed E-state index contributed by atoms with van der Waals surface area (Å²) in [7, 11) is 1.79. The van der Waals surface area contributed by atoms with E-state index in [0.717, 1.165) is 23.3 Å². The van der Waals surface area contributed by atoms with E-state index in [9.17, 15) is 4.39 Å². The van der Waals surface area contributed by atoms with Gasteiger partial charge >= 0.3 is 0 Å². The predicted octanol–water partition coefficient (Wildman–Crippen LogP) is 1.70. The third-order valence-corrected chi connectivity index (χ3v) is 5.69. The number of tetrazole rings is 1. The van der Waals surface area contributed by atoms with E-state index in [1.165, 1.54) is 12.1 Å². The van der Waals surface area contributed by atoms with E-state index in [1.807, 2.05) is 6.20 Å². The van der Waals surface area contributed by atoms with Crippen LogP contribution in [0, 0.1) is 11.6 Å². The molecule has 4 aromatic rings. The van der Waals surface area contributed by atoms with Gasteiger partial charge < -0.3 is 15.2 Å². The summed E-state index contributed by atoms with van der Waals surface area (Å²) in [5.41, 5.74) is 7.77. The van der Waals surface area contributed by atoms with Gasteiger partial charge in [0, 0.05) is 50.2 Å². The number of halogens is 2. The number of nitrogen functional groups attached to an aromatic ring is 1. The summed E-state index contributed by atoms with van der Waals surface area (Å²) >= 11 is 0. The number of aryl methyl sites for hydroxylation is 1. The van der Waals surface area contributed by atoms with Crippen LogP contribution in [0.4, 0.5) is 14.6 Å². The number of aromatic nitrogens is 7. The molecule has 1 fully saturated rings. The van der Waals surface area contributed by atoms with Crippen LogP contribution in [0.15, 0.2) is 36.8 Å². The van der Waals surface area contributed by atoms with Gasteiger partial charge in [0.2, 0.25) is 5.82 Å². The smallest absolute Gasteiger partial charge is 0.202 e. The molecule has 1 aliphatic rings. The average molecular weight is 483 g/mol. The molecule has 0 radical (unpaired) electrons. The van der Waals surface area contributed by atoms with E-state index in [4.69, 9.17) is 15.2 Å². The summed E-state index contributed by atoms with van der Waals surface area (Å²) < 4.78 is 43.5. The lowest BCUT2D eigenvalue weighted by Crippen LogP contribution is -2.38. The summed E-state index contributed by atoms with van der Waals surface area (Å²) in [5, 5.41) is 15.6. The topological polar surface area (TPSA) is 122 Å². The Morgan fingerprint density at radius 2 is 1.94 bits per heavy atom. The minimum absolute atomic E-state index is 0.111. The fourth-order valence-corrected chi connectivity index (χ4v) is 3.81. The van der Waals surface area contributed by atoms with Crippen LogP contribution in [-0.2, 0) is 11.8 Å². The van der Waals surface area contributed by atoms with Crippen molar-refractivity contribution in [3.8, 4) is 34.0 Å². The van der Waals surface area contributed by atoms with Crippen LogP contribution in [0.2, 0.25) is 0 Å². The van der Waals surface area contributed by atoms with Crippen molar-refractivity contribution >= 4 is 5.82 Å². The van der Waals surface area contributed by atoms with Crippen molar-refractivity contribution in [2.75, 3.05) is 45.2 Å². The molecule has 0 saturated carbocycles. The van der Waals surface area contributed by atoms with Crippen LogP contribution in [0.1, 0.15) is 0 Å². The highest BCUT2D eigenvalue weighted by Gasteiger charge is 2.22. The van der Waals surface area contributed by atoms with Crippen LogP contribution in [0.3, 0.4) is 0 Å². The lowest BCUT2D eigenvalue weighted by atomic mass is 10.1. The number of benzene rings is 1. The highest BCUT2D eigenvalue weighted by atomic mass is 19.2. The van der Waals surface area contributed by atoms with Crippen molar-refractivity contribution in [3.05, 3.63) is 48.4 Å². The maximum absolute atomic E-state index is 15.1. The normalized spacial score (nSPS) is 14.4. The quantitative estimate of drug-likeness (QED) is 0.418. The first-order valence-corrected chi connectivity index (χ1v) is 11.0. The lowest BCUT2D eigenvalue weighted by molar-refractivity contribution is 0.0320. The average Bonchev–Trinajstić information content (AvgIpc) is 3.52. The highest BCUT2D eigenvalue weighted by Crippen LogP contribution is 2.31. The fourth-order valence-electron chi connectivity index (χ4n) is 3.81. The van der Waals surface area contributed by atoms with Crippen LogP contribution in [0.5, 0.6) is 5.75 Å². The van der Waals surface area contributed by atoms with E-state index < -0.39 is 11.6 Å². The van der Waals surface area contributed by atoms with Crippen molar-refractivity contribution < 1.29 is 18.3 Å². The van der Waals surface area contributed by atoms with Crippen molar-refractivity contribution in [1.82, 2.24) is 39.9 Å². The highest BCUT2D eigenvalue weighted by molar-refractivity contribution is 5.76. The predicted molar refractivity (Wildman–Crippen MR) is 122 cm³/mol. The number of hydrogen-bond donors (Lipinski definition) is 1. The maximum Gasteiger partial charge on any atom is 0.202 e. The monoisotopic (exact) mass is 483 g/mol. The summed E-state index contributed by atoms with van der Waals surface area (Å²) in [5.74, 6) is -2.20. The molecule has 0 unspecified atom stereocenters. The Morgan fingerprint density at radius 3 is 2.71 bits per heavy atom. The van der Waals surface area contributed by atoms with Gasteiger partial charge in [-0.1, -0.05) is 0 Å². The van der Waals surface area contributed by atoms with Crippen LogP contribution in [-0.4, -0.2) is 79.3 Å². The minimum Gasteiger partial charge on any atom is -0.489 e. The summed E-state index contributed by atoms with van der Waals surface area (Å²) in [4.78, 5) is 6.35. The first-order chi connectivity index (χ1) is 17.0. The number of anilines is 1.